The molecule has 0 atom stereocenters. The smallest absolute Gasteiger partial charge is 0.305 e. The zero-order valence-corrected chi connectivity index (χ0v) is 10.3. The van der Waals surface area contributed by atoms with Gasteiger partial charge in [-0.3, -0.25) is 10.1 Å². The third-order valence-electron chi connectivity index (χ3n) is 2.67. The van der Waals surface area contributed by atoms with Gasteiger partial charge in [-0.25, -0.2) is 0 Å². The number of hydrogen-bond acceptors (Lipinski definition) is 3. The van der Waals surface area contributed by atoms with Crippen molar-refractivity contribution in [3.63, 3.8) is 0 Å². The number of benzene rings is 2. The van der Waals surface area contributed by atoms with E-state index in [1.807, 2.05) is 19.1 Å². The first-order chi connectivity index (χ1) is 9.08. The molecule has 0 saturated heterocycles. The molecule has 19 heavy (non-hydrogen) atoms. The Morgan fingerprint density at radius 1 is 1.21 bits per heavy atom. The summed E-state index contributed by atoms with van der Waals surface area (Å²) in [6.45, 7) is 1.90. The van der Waals surface area contributed by atoms with Gasteiger partial charge in [0.25, 0.3) is 0 Å². The molecule has 0 amide bonds. The summed E-state index contributed by atoms with van der Waals surface area (Å²) in [5.74, 6) is -0.254. The molecule has 0 aliphatic rings. The van der Waals surface area contributed by atoms with Crippen LogP contribution in [0.3, 0.4) is 0 Å². The van der Waals surface area contributed by atoms with E-state index in [0.29, 0.717) is 5.75 Å². The zero-order valence-electron chi connectivity index (χ0n) is 10.3. The van der Waals surface area contributed by atoms with Crippen LogP contribution in [0.25, 0.3) is 0 Å². The van der Waals surface area contributed by atoms with Crippen LogP contribution < -0.4 is 4.74 Å². The molecule has 2 rings (SSSR count). The first kappa shape index (κ1) is 13.0. The van der Waals surface area contributed by atoms with Gasteiger partial charge in [0.15, 0.2) is 0 Å². The molecule has 0 fully saturated rings. The Kier molecular flexibility index (Phi) is 3.75. The molecule has 0 aliphatic carbocycles. The molecule has 0 bridgehead atoms. The van der Waals surface area contributed by atoms with E-state index in [2.05, 4.69) is 0 Å². The Morgan fingerprint density at radius 3 is 2.53 bits per heavy atom. The van der Waals surface area contributed by atoms with Gasteiger partial charge in [-0.2, -0.15) is 4.39 Å². The maximum atomic E-state index is 13.8. The van der Waals surface area contributed by atoms with Crippen molar-refractivity contribution in [3.8, 4) is 5.75 Å². The van der Waals surface area contributed by atoms with Crippen molar-refractivity contribution in [2.24, 2.45) is 0 Å². The number of rotatable bonds is 4. The fourth-order valence-corrected chi connectivity index (χ4v) is 1.61. The lowest BCUT2D eigenvalue weighted by Gasteiger charge is -2.07. The highest BCUT2D eigenvalue weighted by Crippen LogP contribution is 2.21. The summed E-state index contributed by atoms with van der Waals surface area (Å²) in [4.78, 5) is 9.87. The van der Waals surface area contributed by atoms with Gasteiger partial charge in [0.05, 0.1) is 4.92 Å². The van der Waals surface area contributed by atoms with E-state index in [4.69, 9.17) is 4.74 Å². The molecule has 0 N–H and O–H groups in total. The molecule has 0 aliphatic heterocycles. The minimum absolute atomic E-state index is 0.0451. The topological polar surface area (TPSA) is 52.4 Å². The molecular formula is C14H12FNO3. The molecule has 2 aromatic rings. The quantitative estimate of drug-likeness (QED) is 0.624. The first-order valence-electron chi connectivity index (χ1n) is 5.69. The molecule has 0 aromatic heterocycles. The van der Waals surface area contributed by atoms with Gasteiger partial charge in [-0.1, -0.05) is 29.8 Å². The second kappa shape index (κ2) is 5.48. The van der Waals surface area contributed by atoms with E-state index < -0.39 is 16.4 Å². The Hall–Kier alpha value is -2.43. The van der Waals surface area contributed by atoms with Crippen LogP contribution in [-0.2, 0) is 6.61 Å². The van der Waals surface area contributed by atoms with Crippen molar-refractivity contribution in [1.29, 1.82) is 0 Å². The van der Waals surface area contributed by atoms with Crippen LogP contribution >= 0.6 is 0 Å². The van der Waals surface area contributed by atoms with Gasteiger partial charge in [0.1, 0.15) is 12.4 Å². The van der Waals surface area contributed by atoms with Crippen LogP contribution in [0.1, 0.15) is 11.1 Å². The Bertz CT molecular complexity index is 596. The second-order valence-electron chi connectivity index (χ2n) is 4.11. The van der Waals surface area contributed by atoms with Crippen LogP contribution in [0.4, 0.5) is 10.1 Å². The minimum atomic E-state index is -0.848. The zero-order chi connectivity index (χ0) is 13.8. The van der Waals surface area contributed by atoms with Gasteiger partial charge in [0.2, 0.25) is 5.82 Å². The SMILES string of the molecule is Cc1ccc(OCc2cccc([N+](=O)[O-])c2F)cc1. The fraction of sp³-hybridized carbons (Fsp3) is 0.143. The Morgan fingerprint density at radius 2 is 1.89 bits per heavy atom. The maximum absolute atomic E-state index is 13.8. The third-order valence-corrected chi connectivity index (χ3v) is 2.67. The summed E-state index contributed by atoms with van der Waals surface area (Å²) >= 11 is 0. The second-order valence-corrected chi connectivity index (χ2v) is 4.11. The molecular weight excluding hydrogens is 249 g/mol. The number of hydrogen-bond donors (Lipinski definition) is 0. The molecule has 2 aromatic carbocycles. The summed E-state index contributed by atoms with van der Waals surface area (Å²) in [6.07, 6.45) is 0. The van der Waals surface area contributed by atoms with Crippen molar-refractivity contribution in [2.45, 2.75) is 13.5 Å². The summed E-state index contributed by atoms with van der Waals surface area (Å²) in [5.41, 5.74) is 0.716. The minimum Gasteiger partial charge on any atom is -0.489 e. The number of halogens is 1. The lowest BCUT2D eigenvalue weighted by molar-refractivity contribution is -0.387. The van der Waals surface area contributed by atoms with Crippen LogP contribution in [0.2, 0.25) is 0 Å². The highest BCUT2D eigenvalue weighted by atomic mass is 19.1. The molecule has 0 saturated carbocycles. The molecule has 0 radical (unpaired) electrons. The van der Waals surface area contributed by atoms with E-state index in [1.54, 1.807) is 12.1 Å². The predicted molar refractivity (Wildman–Crippen MR) is 68.6 cm³/mol. The molecule has 0 heterocycles. The van der Waals surface area contributed by atoms with Crippen molar-refractivity contribution in [2.75, 3.05) is 0 Å². The van der Waals surface area contributed by atoms with E-state index in [1.165, 1.54) is 12.1 Å². The van der Waals surface area contributed by atoms with Crippen molar-refractivity contribution in [3.05, 3.63) is 69.5 Å². The van der Waals surface area contributed by atoms with Crippen molar-refractivity contribution in [1.82, 2.24) is 0 Å². The lowest BCUT2D eigenvalue weighted by atomic mass is 10.2. The number of nitro groups is 1. The van der Waals surface area contributed by atoms with Crippen LogP contribution in [0, 0.1) is 22.9 Å². The number of nitrogens with zero attached hydrogens (tertiary/aromatic N) is 1. The summed E-state index contributed by atoms with van der Waals surface area (Å²) in [5, 5.41) is 10.6. The highest BCUT2D eigenvalue weighted by Gasteiger charge is 2.17. The largest absolute Gasteiger partial charge is 0.489 e. The Labute approximate surface area is 109 Å². The third kappa shape index (κ3) is 3.07. The summed E-state index contributed by atoms with van der Waals surface area (Å²) in [7, 11) is 0. The van der Waals surface area contributed by atoms with E-state index >= 15 is 0 Å². The van der Waals surface area contributed by atoms with E-state index in [9.17, 15) is 14.5 Å². The molecule has 5 heteroatoms. The number of aryl methyl sites for hydroxylation is 1. The average molecular weight is 261 g/mol. The monoisotopic (exact) mass is 261 g/mol. The van der Waals surface area contributed by atoms with Crippen LogP contribution in [0.15, 0.2) is 42.5 Å². The van der Waals surface area contributed by atoms with Gasteiger partial charge < -0.3 is 4.74 Å². The van der Waals surface area contributed by atoms with E-state index in [0.717, 1.165) is 11.6 Å². The number of nitro benzene ring substituents is 1. The predicted octanol–water partition coefficient (Wildman–Crippen LogP) is 3.62. The number of ether oxygens (including phenoxy) is 1. The first-order valence-corrected chi connectivity index (χ1v) is 5.69. The molecule has 0 unspecified atom stereocenters. The molecule has 4 nitrogen and oxygen atoms in total. The lowest BCUT2D eigenvalue weighted by Crippen LogP contribution is -2.01. The van der Waals surface area contributed by atoms with Crippen molar-refractivity contribution < 1.29 is 14.1 Å². The van der Waals surface area contributed by atoms with E-state index in [-0.39, 0.29) is 12.2 Å². The van der Waals surface area contributed by atoms with Crippen molar-refractivity contribution >= 4 is 5.69 Å². The summed E-state index contributed by atoms with van der Waals surface area (Å²) in [6, 6.07) is 11.3. The van der Waals surface area contributed by atoms with Crippen LogP contribution in [0.5, 0.6) is 5.75 Å². The standard InChI is InChI=1S/C14H12FNO3/c1-10-5-7-12(8-6-10)19-9-11-3-2-4-13(14(11)15)16(17)18/h2-8H,9H2,1H3. The summed E-state index contributed by atoms with van der Waals surface area (Å²) < 4.78 is 19.2. The van der Waals surface area contributed by atoms with Gasteiger partial charge in [-0.05, 0) is 19.1 Å². The van der Waals surface area contributed by atoms with Gasteiger partial charge in [0, 0.05) is 11.6 Å². The highest BCUT2D eigenvalue weighted by molar-refractivity contribution is 5.37. The molecule has 0 spiro atoms. The average Bonchev–Trinajstić information content (AvgIpc) is 2.39. The maximum Gasteiger partial charge on any atom is 0.305 e. The normalized spacial score (nSPS) is 10.2. The fourth-order valence-electron chi connectivity index (χ4n) is 1.61. The Balaban J connectivity index is 2.13. The van der Waals surface area contributed by atoms with Crippen LogP contribution in [-0.4, -0.2) is 4.92 Å². The van der Waals surface area contributed by atoms with Gasteiger partial charge >= 0.3 is 5.69 Å². The molecule has 98 valence electrons. The van der Waals surface area contributed by atoms with Gasteiger partial charge in [-0.15, -0.1) is 0 Å².